The fourth-order valence-electron chi connectivity index (χ4n) is 2.21. The van der Waals surface area contributed by atoms with Crippen molar-refractivity contribution >= 4 is 34.8 Å². The summed E-state index contributed by atoms with van der Waals surface area (Å²) in [6.45, 7) is 3.00. The fraction of sp³-hybridized carbons (Fsp3) is 0.333. The monoisotopic (exact) mass is 387 g/mol. The van der Waals surface area contributed by atoms with Gasteiger partial charge in [0.2, 0.25) is 0 Å². The Morgan fingerprint density at radius 1 is 1.04 bits per heavy atom. The molecule has 0 radical (unpaired) electrons. The van der Waals surface area contributed by atoms with E-state index in [1.165, 1.54) is 0 Å². The summed E-state index contributed by atoms with van der Waals surface area (Å²) in [6, 6.07) is 10.8. The van der Waals surface area contributed by atoms with Gasteiger partial charge in [0.25, 0.3) is 0 Å². The third kappa shape index (κ3) is 5.54. The highest BCUT2D eigenvalue weighted by Gasteiger charge is 2.10. The highest BCUT2D eigenvalue weighted by Crippen LogP contribution is 2.26. The molecule has 1 atom stereocenters. The zero-order valence-electron chi connectivity index (χ0n) is 13.4. The summed E-state index contributed by atoms with van der Waals surface area (Å²) in [5, 5.41) is 14.4. The molecule has 0 aliphatic rings. The van der Waals surface area contributed by atoms with Gasteiger partial charge in [-0.15, -0.1) is 0 Å². The standard InChI is InChI=1S/C18H20Cl3NO2/c1-2-16(10-23)22-9-13-7-14(19)5-6-18(13)24-11-12-3-4-15(20)8-17(12)21/h3-8,16,22-23H,2,9-11H2,1H3/t16-/m1/s1. The van der Waals surface area contributed by atoms with Crippen molar-refractivity contribution in [2.24, 2.45) is 0 Å². The average Bonchev–Trinajstić information content (AvgIpc) is 2.56. The first kappa shape index (κ1) is 19.4. The van der Waals surface area contributed by atoms with Gasteiger partial charge in [-0.3, -0.25) is 0 Å². The smallest absolute Gasteiger partial charge is 0.124 e. The lowest BCUT2D eigenvalue weighted by molar-refractivity contribution is 0.237. The molecule has 0 heterocycles. The Balaban J connectivity index is 2.08. The second kappa shape index (κ2) is 9.50. The molecule has 0 spiro atoms. The van der Waals surface area contributed by atoms with Gasteiger partial charge < -0.3 is 15.2 Å². The van der Waals surface area contributed by atoms with Gasteiger partial charge in [0.1, 0.15) is 12.4 Å². The third-order valence-electron chi connectivity index (χ3n) is 3.72. The van der Waals surface area contributed by atoms with E-state index in [1.807, 2.05) is 25.1 Å². The van der Waals surface area contributed by atoms with Crippen LogP contribution in [0.4, 0.5) is 0 Å². The molecule has 0 aliphatic carbocycles. The van der Waals surface area contributed by atoms with E-state index < -0.39 is 0 Å². The van der Waals surface area contributed by atoms with Crippen LogP contribution in [-0.2, 0) is 13.2 Å². The summed E-state index contributed by atoms with van der Waals surface area (Å²) >= 11 is 18.2. The summed E-state index contributed by atoms with van der Waals surface area (Å²) in [4.78, 5) is 0. The molecule has 0 unspecified atom stereocenters. The maximum Gasteiger partial charge on any atom is 0.124 e. The lowest BCUT2D eigenvalue weighted by Crippen LogP contribution is -2.31. The minimum absolute atomic E-state index is 0.0440. The predicted octanol–water partition coefficient (Wildman–Crippen LogP) is 5.09. The number of aliphatic hydroxyl groups excluding tert-OH is 1. The van der Waals surface area contributed by atoms with Crippen LogP contribution in [0.15, 0.2) is 36.4 Å². The van der Waals surface area contributed by atoms with Gasteiger partial charge in [-0.1, -0.05) is 47.8 Å². The minimum atomic E-state index is 0.0440. The molecule has 130 valence electrons. The molecule has 2 aromatic carbocycles. The van der Waals surface area contributed by atoms with Gasteiger partial charge in [0.05, 0.1) is 6.61 Å². The van der Waals surface area contributed by atoms with Crippen molar-refractivity contribution < 1.29 is 9.84 Å². The second-order valence-electron chi connectivity index (χ2n) is 5.45. The number of benzene rings is 2. The van der Waals surface area contributed by atoms with Gasteiger partial charge >= 0.3 is 0 Å². The van der Waals surface area contributed by atoms with E-state index in [0.717, 1.165) is 23.3 Å². The van der Waals surface area contributed by atoms with E-state index >= 15 is 0 Å². The quantitative estimate of drug-likeness (QED) is 0.662. The van der Waals surface area contributed by atoms with Crippen molar-refractivity contribution in [3.05, 3.63) is 62.6 Å². The maximum atomic E-state index is 9.29. The fourth-order valence-corrected chi connectivity index (χ4v) is 2.87. The molecule has 0 aliphatic heterocycles. The molecule has 2 aromatic rings. The zero-order valence-corrected chi connectivity index (χ0v) is 15.6. The van der Waals surface area contributed by atoms with Gasteiger partial charge in [0, 0.05) is 38.8 Å². The molecule has 6 heteroatoms. The molecule has 24 heavy (non-hydrogen) atoms. The highest BCUT2D eigenvalue weighted by atomic mass is 35.5. The maximum absolute atomic E-state index is 9.29. The van der Waals surface area contributed by atoms with E-state index in [4.69, 9.17) is 39.5 Å². The number of hydrogen-bond donors (Lipinski definition) is 2. The Morgan fingerprint density at radius 2 is 1.75 bits per heavy atom. The molecule has 0 bridgehead atoms. The number of halogens is 3. The summed E-state index contributed by atoms with van der Waals surface area (Å²) in [5.41, 5.74) is 1.79. The van der Waals surface area contributed by atoms with Crippen molar-refractivity contribution in [3.63, 3.8) is 0 Å². The van der Waals surface area contributed by atoms with Crippen LogP contribution in [0.25, 0.3) is 0 Å². The number of hydrogen-bond acceptors (Lipinski definition) is 3. The Morgan fingerprint density at radius 3 is 2.42 bits per heavy atom. The Labute approximate surface area is 157 Å². The Bertz CT molecular complexity index is 675. The largest absolute Gasteiger partial charge is 0.489 e. The topological polar surface area (TPSA) is 41.5 Å². The first-order valence-corrected chi connectivity index (χ1v) is 8.86. The molecule has 3 nitrogen and oxygen atoms in total. The van der Waals surface area contributed by atoms with Crippen molar-refractivity contribution in [1.82, 2.24) is 5.32 Å². The van der Waals surface area contributed by atoms with Crippen molar-refractivity contribution in [2.45, 2.75) is 32.5 Å². The van der Waals surface area contributed by atoms with Crippen LogP contribution in [0, 0.1) is 0 Å². The van der Waals surface area contributed by atoms with E-state index in [9.17, 15) is 5.11 Å². The van der Waals surface area contributed by atoms with Gasteiger partial charge in [-0.25, -0.2) is 0 Å². The van der Waals surface area contributed by atoms with Gasteiger partial charge in [-0.05, 0) is 36.8 Å². The van der Waals surface area contributed by atoms with Crippen LogP contribution in [-0.4, -0.2) is 17.8 Å². The predicted molar refractivity (Wildman–Crippen MR) is 100 cm³/mol. The van der Waals surface area contributed by atoms with E-state index in [-0.39, 0.29) is 12.6 Å². The Kier molecular flexibility index (Phi) is 7.66. The Hall–Kier alpha value is -0.970. The zero-order chi connectivity index (χ0) is 17.5. The molecular formula is C18H20Cl3NO2. The van der Waals surface area contributed by atoms with Crippen LogP contribution in [0.1, 0.15) is 24.5 Å². The normalized spacial score (nSPS) is 12.2. The number of rotatable bonds is 8. The molecule has 0 saturated heterocycles. The van der Waals surface area contributed by atoms with Crippen LogP contribution >= 0.6 is 34.8 Å². The molecule has 0 fully saturated rings. The minimum Gasteiger partial charge on any atom is -0.489 e. The summed E-state index contributed by atoms with van der Waals surface area (Å²) < 4.78 is 5.91. The van der Waals surface area contributed by atoms with E-state index in [2.05, 4.69) is 5.32 Å². The van der Waals surface area contributed by atoms with Crippen LogP contribution in [0.3, 0.4) is 0 Å². The second-order valence-corrected chi connectivity index (χ2v) is 6.73. The molecule has 0 saturated carbocycles. The van der Waals surface area contributed by atoms with Gasteiger partial charge in [-0.2, -0.15) is 0 Å². The van der Waals surface area contributed by atoms with Crippen molar-refractivity contribution in [2.75, 3.05) is 6.61 Å². The van der Waals surface area contributed by atoms with Crippen molar-refractivity contribution in [3.8, 4) is 5.75 Å². The summed E-state index contributed by atoms with van der Waals surface area (Å²) in [7, 11) is 0. The lowest BCUT2D eigenvalue weighted by Gasteiger charge is -2.17. The first-order chi connectivity index (χ1) is 11.5. The number of ether oxygens (including phenoxy) is 1. The summed E-state index contributed by atoms with van der Waals surface area (Å²) in [6.07, 6.45) is 0.841. The van der Waals surface area contributed by atoms with Gasteiger partial charge in [0.15, 0.2) is 0 Å². The third-order valence-corrected chi connectivity index (χ3v) is 4.54. The average molecular weight is 389 g/mol. The molecule has 2 rings (SSSR count). The molecular weight excluding hydrogens is 369 g/mol. The first-order valence-electron chi connectivity index (χ1n) is 7.72. The number of nitrogens with one attached hydrogen (secondary N) is 1. The lowest BCUT2D eigenvalue weighted by atomic mass is 10.1. The SMILES string of the molecule is CC[C@H](CO)NCc1cc(Cl)ccc1OCc1ccc(Cl)cc1Cl. The van der Waals surface area contributed by atoms with Crippen molar-refractivity contribution in [1.29, 1.82) is 0 Å². The van der Waals surface area contributed by atoms with E-state index in [1.54, 1.807) is 18.2 Å². The van der Waals surface area contributed by atoms with Crippen LogP contribution in [0.5, 0.6) is 5.75 Å². The van der Waals surface area contributed by atoms with Crippen LogP contribution in [0.2, 0.25) is 15.1 Å². The number of aliphatic hydroxyl groups is 1. The molecule has 0 amide bonds. The van der Waals surface area contributed by atoms with Crippen LogP contribution < -0.4 is 10.1 Å². The molecule has 2 N–H and O–H groups in total. The molecule has 0 aromatic heterocycles. The highest BCUT2D eigenvalue weighted by molar-refractivity contribution is 6.35. The summed E-state index contributed by atoms with van der Waals surface area (Å²) in [5.74, 6) is 0.728. The van der Waals surface area contributed by atoms with E-state index in [0.29, 0.717) is 28.2 Å².